The number of hydrogen-bond acceptors (Lipinski definition) is 4. The second-order valence-electron chi connectivity index (χ2n) is 5.79. The van der Waals surface area contributed by atoms with Gasteiger partial charge in [0, 0.05) is 26.2 Å². The Morgan fingerprint density at radius 2 is 1.86 bits per heavy atom. The Kier molecular flexibility index (Phi) is 4.19. The average Bonchev–Trinajstić information content (AvgIpc) is 3.17. The Bertz CT molecular complexity index is 597. The summed E-state index contributed by atoms with van der Waals surface area (Å²) >= 11 is 0. The van der Waals surface area contributed by atoms with Gasteiger partial charge in [0.05, 0.1) is 5.69 Å². The maximum atomic E-state index is 12.8. The smallest absolute Gasteiger partial charge is 0.245 e. The molecule has 0 spiro atoms. The molecule has 1 aromatic rings. The molecule has 2 heterocycles. The van der Waals surface area contributed by atoms with Gasteiger partial charge in [-0.3, -0.25) is 4.90 Å². The average molecular weight is 309 g/mol. The van der Waals surface area contributed by atoms with Crippen molar-refractivity contribution in [2.75, 3.05) is 38.5 Å². The summed E-state index contributed by atoms with van der Waals surface area (Å²) < 4.78 is 27.3. The van der Waals surface area contributed by atoms with Crippen molar-refractivity contribution in [1.82, 2.24) is 9.21 Å². The van der Waals surface area contributed by atoms with Crippen LogP contribution in [0, 0.1) is 0 Å². The standard InChI is InChI=1S/C15H23N3O2S/c1-16-14-6-2-3-7-15(14)21(19,20)18-11-8-13(12-18)17-9-4-5-10-17/h2-3,6-7,13,16H,4-5,8-12H2,1H3. The lowest BCUT2D eigenvalue weighted by Crippen LogP contribution is -2.37. The molecule has 6 heteroatoms. The topological polar surface area (TPSA) is 52.7 Å². The van der Waals surface area contributed by atoms with Crippen molar-refractivity contribution in [3.05, 3.63) is 24.3 Å². The van der Waals surface area contributed by atoms with Crippen LogP contribution in [0.25, 0.3) is 0 Å². The highest BCUT2D eigenvalue weighted by molar-refractivity contribution is 7.89. The monoisotopic (exact) mass is 309 g/mol. The molecule has 1 unspecified atom stereocenters. The Morgan fingerprint density at radius 3 is 2.57 bits per heavy atom. The van der Waals surface area contributed by atoms with Gasteiger partial charge in [-0.25, -0.2) is 8.42 Å². The molecule has 21 heavy (non-hydrogen) atoms. The molecule has 0 amide bonds. The predicted octanol–water partition coefficient (Wildman–Crippen LogP) is 1.59. The van der Waals surface area contributed by atoms with Crippen molar-refractivity contribution in [3.63, 3.8) is 0 Å². The van der Waals surface area contributed by atoms with Gasteiger partial charge in [0.15, 0.2) is 0 Å². The molecule has 3 rings (SSSR count). The van der Waals surface area contributed by atoms with Gasteiger partial charge in [0.1, 0.15) is 4.90 Å². The van der Waals surface area contributed by atoms with Crippen molar-refractivity contribution in [1.29, 1.82) is 0 Å². The Hall–Kier alpha value is -1.11. The highest BCUT2D eigenvalue weighted by Gasteiger charge is 2.36. The van der Waals surface area contributed by atoms with Crippen LogP contribution in [0.2, 0.25) is 0 Å². The normalized spacial score (nSPS) is 24.5. The minimum atomic E-state index is -3.40. The summed E-state index contributed by atoms with van der Waals surface area (Å²) in [7, 11) is -1.64. The molecular weight excluding hydrogens is 286 g/mol. The first-order chi connectivity index (χ1) is 10.1. The maximum Gasteiger partial charge on any atom is 0.245 e. The lowest BCUT2D eigenvalue weighted by molar-refractivity contribution is 0.251. The van der Waals surface area contributed by atoms with Gasteiger partial charge in [-0.15, -0.1) is 0 Å². The summed E-state index contributed by atoms with van der Waals surface area (Å²) in [5, 5.41) is 2.98. The fraction of sp³-hybridized carbons (Fsp3) is 0.600. The first-order valence-electron chi connectivity index (χ1n) is 7.64. The van der Waals surface area contributed by atoms with E-state index in [1.165, 1.54) is 12.8 Å². The number of sulfonamides is 1. The molecule has 2 saturated heterocycles. The van der Waals surface area contributed by atoms with E-state index in [2.05, 4.69) is 10.2 Å². The predicted molar refractivity (Wildman–Crippen MR) is 84.0 cm³/mol. The number of hydrogen-bond donors (Lipinski definition) is 1. The number of anilines is 1. The van der Waals surface area contributed by atoms with Crippen molar-refractivity contribution in [2.24, 2.45) is 0 Å². The summed E-state index contributed by atoms with van der Waals surface area (Å²) in [5.41, 5.74) is 0.669. The van der Waals surface area contributed by atoms with Gasteiger partial charge in [0.2, 0.25) is 10.0 Å². The van der Waals surface area contributed by atoms with Crippen molar-refractivity contribution in [3.8, 4) is 0 Å². The second-order valence-corrected chi connectivity index (χ2v) is 7.70. The molecule has 0 aromatic heterocycles. The lowest BCUT2D eigenvalue weighted by atomic mass is 10.2. The Labute approximate surface area is 127 Å². The zero-order valence-corrected chi connectivity index (χ0v) is 13.3. The van der Waals surface area contributed by atoms with Crippen LogP contribution in [0.3, 0.4) is 0 Å². The minimum Gasteiger partial charge on any atom is -0.387 e. The molecule has 1 N–H and O–H groups in total. The zero-order chi connectivity index (χ0) is 14.9. The summed E-state index contributed by atoms with van der Waals surface area (Å²) in [6.45, 7) is 3.49. The molecule has 0 bridgehead atoms. The van der Waals surface area contributed by atoms with E-state index >= 15 is 0 Å². The quantitative estimate of drug-likeness (QED) is 0.917. The third kappa shape index (κ3) is 2.80. The van der Waals surface area contributed by atoms with Crippen molar-refractivity contribution >= 4 is 15.7 Å². The van der Waals surface area contributed by atoms with Crippen LogP contribution in [0.1, 0.15) is 19.3 Å². The largest absolute Gasteiger partial charge is 0.387 e. The molecule has 116 valence electrons. The summed E-state index contributed by atoms with van der Waals surface area (Å²) in [6.07, 6.45) is 3.43. The molecule has 0 radical (unpaired) electrons. The van der Waals surface area contributed by atoms with E-state index in [9.17, 15) is 8.42 Å². The molecule has 1 atom stereocenters. The molecule has 0 aliphatic carbocycles. The highest BCUT2D eigenvalue weighted by Crippen LogP contribution is 2.29. The fourth-order valence-electron chi connectivity index (χ4n) is 3.37. The lowest BCUT2D eigenvalue weighted by Gasteiger charge is -2.24. The van der Waals surface area contributed by atoms with E-state index in [1.54, 1.807) is 29.6 Å². The van der Waals surface area contributed by atoms with Crippen LogP contribution in [0.5, 0.6) is 0 Å². The van der Waals surface area contributed by atoms with E-state index < -0.39 is 10.0 Å². The summed E-state index contributed by atoms with van der Waals surface area (Å²) in [4.78, 5) is 2.83. The van der Waals surface area contributed by atoms with Gasteiger partial charge in [-0.2, -0.15) is 4.31 Å². The van der Waals surface area contributed by atoms with Crippen LogP contribution in [-0.2, 0) is 10.0 Å². The van der Waals surface area contributed by atoms with Crippen LogP contribution in [0.15, 0.2) is 29.2 Å². The maximum absolute atomic E-state index is 12.8. The van der Waals surface area contributed by atoms with E-state index in [-0.39, 0.29) is 0 Å². The van der Waals surface area contributed by atoms with Gasteiger partial charge < -0.3 is 5.32 Å². The minimum absolute atomic E-state index is 0.384. The van der Waals surface area contributed by atoms with Gasteiger partial charge in [0.25, 0.3) is 0 Å². The third-order valence-electron chi connectivity index (χ3n) is 4.56. The first kappa shape index (κ1) is 14.8. The van der Waals surface area contributed by atoms with E-state index in [0.717, 1.165) is 19.5 Å². The molecule has 2 aliphatic rings. The number of rotatable bonds is 4. The van der Waals surface area contributed by atoms with Crippen molar-refractivity contribution < 1.29 is 8.42 Å². The number of nitrogens with zero attached hydrogens (tertiary/aromatic N) is 2. The van der Waals surface area contributed by atoms with Gasteiger partial charge in [-0.1, -0.05) is 12.1 Å². The molecular formula is C15H23N3O2S. The van der Waals surface area contributed by atoms with E-state index in [1.807, 2.05) is 6.07 Å². The first-order valence-corrected chi connectivity index (χ1v) is 9.08. The number of nitrogens with one attached hydrogen (secondary N) is 1. The van der Waals surface area contributed by atoms with Gasteiger partial charge in [-0.05, 0) is 44.5 Å². The third-order valence-corrected chi connectivity index (χ3v) is 6.48. The number of para-hydroxylation sites is 1. The highest BCUT2D eigenvalue weighted by atomic mass is 32.2. The molecule has 5 nitrogen and oxygen atoms in total. The number of benzene rings is 1. The van der Waals surface area contributed by atoms with Crippen molar-refractivity contribution in [2.45, 2.75) is 30.2 Å². The molecule has 1 aromatic carbocycles. The van der Waals surface area contributed by atoms with E-state index in [4.69, 9.17) is 0 Å². The van der Waals surface area contributed by atoms with Crippen LogP contribution in [0.4, 0.5) is 5.69 Å². The molecule has 0 saturated carbocycles. The molecule has 2 fully saturated rings. The number of likely N-dealkylation sites (tertiary alicyclic amines) is 1. The zero-order valence-electron chi connectivity index (χ0n) is 12.5. The van der Waals surface area contributed by atoms with Crippen LogP contribution >= 0.6 is 0 Å². The Balaban J connectivity index is 1.79. The summed E-state index contributed by atoms with van der Waals surface area (Å²) in [5.74, 6) is 0. The second kappa shape index (κ2) is 5.94. The fourth-order valence-corrected chi connectivity index (χ4v) is 5.06. The Morgan fingerprint density at radius 1 is 1.14 bits per heavy atom. The van der Waals surface area contributed by atoms with Gasteiger partial charge >= 0.3 is 0 Å². The molecule has 2 aliphatic heterocycles. The van der Waals surface area contributed by atoms with E-state index in [0.29, 0.717) is 29.7 Å². The van der Waals surface area contributed by atoms with Crippen LogP contribution < -0.4 is 5.32 Å². The summed E-state index contributed by atoms with van der Waals surface area (Å²) in [6, 6.07) is 7.51. The van der Waals surface area contributed by atoms with Crippen LogP contribution in [-0.4, -0.2) is 56.9 Å². The SMILES string of the molecule is CNc1ccccc1S(=O)(=O)N1CCC(N2CCCC2)C1.